The topological polar surface area (TPSA) is 87.7 Å². The fourth-order valence-corrected chi connectivity index (χ4v) is 3.15. The number of rotatable bonds is 10. The molecule has 31 heavy (non-hydrogen) atoms. The summed E-state index contributed by atoms with van der Waals surface area (Å²) in [6.07, 6.45) is 2.05. The first-order valence-corrected chi connectivity index (χ1v) is 11.2. The van der Waals surface area contributed by atoms with Gasteiger partial charge in [0, 0.05) is 13.1 Å². The predicted octanol–water partition coefficient (Wildman–Crippen LogP) is 3.97. The van der Waals surface area contributed by atoms with Crippen molar-refractivity contribution in [3.63, 3.8) is 0 Å². The van der Waals surface area contributed by atoms with Gasteiger partial charge in [-0.25, -0.2) is 4.79 Å². The van der Waals surface area contributed by atoms with Crippen LogP contribution in [0.2, 0.25) is 0 Å². The molecule has 2 unspecified atom stereocenters. The minimum absolute atomic E-state index is 0.225. The number of carbonyl (C=O) groups excluding carboxylic acids is 3. The van der Waals surface area contributed by atoms with Crippen molar-refractivity contribution in [3.05, 3.63) is 35.4 Å². The van der Waals surface area contributed by atoms with Crippen molar-refractivity contribution in [2.45, 2.75) is 85.4 Å². The van der Waals surface area contributed by atoms with Crippen LogP contribution in [0.5, 0.6) is 0 Å². The number of hydrogen-bond acceptors (Lipinski definition) is 4. The molecular formula is C24H39N3O4. The van der Waals surface area contributed by atoms with Crippen LogP contribution >= 0.6 is 0 Å². The highest BCUT2D eigenvalue weighted by Crippen LogP contribution is 2.23. The highest BCUT2D eigenvalue weighted by atomic mass is 16.6. The molecule has 0 spiro atoms. The third-order valence-corrected chi connectivity index (χ3v) is 4.82. The molecule has 7 heteroatoms. The summed E-state index contributed by atoms with van der Waals surface area (Å²) in [5, 5.41) is 5.53. The number of aryl methyl sites for hydroxylation is 1. The molecule has 0 saturated carbocycles. The zero-order valence-corrected chi connectivity index (χ0v) is 20.1. The number of likely N-dealkylation sites (N-methyl/N-ethyl adjacent to an activating group) is 1. The number of hydrogen-bond donors (Lipinski definition) is 2. The molecule has 2 atom stereocenters. The molecule has 3 amide bonds. The molecule has 0 bridgehead atoms. The van der Waals surface area contributed by atoms with E-state index in [9.17, 15) is 14.4 Å². The predicted molar refractivity (Wildman–Crippen MR) is 123 cm³/mol. The molecule has 1 rings (SSSR count). The van der Waals surface area contributed by atoms with Crippen LogP contribution in [0.1, 0.15) is 78.5 Å². The molecule has 0 fully saturated rings. The smallest absolute Gasteiger partial charge is 0.408 e. The number of unbranched alkanes of at least 4 members (excludes halogenated alkanes) is 1. The van der Waals surface area contributed by atoms with E-state index in [2.05, 4.69) is 24.5 Å². The molecule has 1 aromatic rings. The number of alkyl carbamates (subject to hydrolysis) is 1. The van der Waals surface area contributed by atoms with E-state index in [1.54, 1.807) is 27.7 Å². The average molecular weight is 434 g/mol. The second-order valence-corrected chi connectivity index (χ2v) is 8.63. The van der Waals surface area contributed by atoms with E-state index in [0.29, 0.717) is 13.1 Å². The molecule has 0 aliphatic rings. The maximum Gasteiger partial charge on any atom is 0.408 e. The lowest BCUT2D eigenvalue weighted by molar-refractivity contribution is -0.141. The Bertz CT molecular complexity index is 725. The van der Waals surface area contributed by atoms with Crippen molar-refractivity contribution in [2.24, 2.45) is 0 Å². The number of benzene rings is 1. The van der Waals surface area contributed by atoms with E-state index >= 15 is 0 Å². The molecule has 0 saturated heterocycles. The number of nitrogens with one attached hydrogen (secondary N) is 2. The largest absolute Gasteiger partial charge is 0.444 e. The zero-order valence-electron chi connectivity index (χ0n) is 20.1. The Hall–Kier alpha value is -2.57. The van der Waals surface area contributed by atoms with Gasteiger partial charge in [0.15, 0.2) is 0 Å². The van der Waals surface area contributed by atoms with Gasteiger partial charge in [-0.2, -0.15) is 0 Å². The summed E-state index contributed by atoms with van der Waals surface area (Å²) in [4.78, 5) is 39.9. The molecule has 7 nitrogen and oxygen atoms in total. The number of amides is 3. The van der Waals surface area contributed by atoms with Gasteiger partial charge in [-0.05, 0) is 58.6 Å². The minimum Gasteiger partial charge on any atom is -0.444 e. The minimum atomic E-state index is -0.837. The lowest BCUT2D eigenvalue weighted by Gasteiger charge is -2.33. The van der Waals surface area contributed by atoms with Gasteiger partial charge in [0.2, 0.25) is 11.8 Å². The quantitative estimate of drug-likeness (QED) is 0.547. The SMILES string of the molecule is CCCCNC(=O)C(c1ccc(CC)cc1)N(CC)C(=O)C(C)NC(=O)OC(C)(C)C. The van der Waals surface area contributed by atoms with Crippen molar-refractivity contribution in [1.82, 2.24) is 15.5 Å². The van der Waals surface area contributed by atoms with Gasteiger partial charge < -0.3 is 20.3 Å². The summed E-state index contributed by atoms with van der Waals surface area (Å²) in [5.74, 6) is -0.569. The number of nitrogens with zero attached hydrogens (tertiary/aromatic N) is 1. The van der Waals surface area contributed by atoms with Gasteiger partial charge in [-0.15, -0.1) is 0 Å². The van der Waals surface area contributed by atoms with E-state index in [1.165, 1.54) is 4.90 Å². The molecule has 0 aliphatic heterocycles. The molecule has 1 aromatic carbocycles. The Morgan fingerprint density at radius 1 is 1.06 bits per heavy atom. The molecule has 0 heterocycles. The van der Waals surface area contributed by atoms with Crippen molar-refractivity contribution in [2.75, 3.05) is 13.1 Å². The monoisotopic (exact) mass is 433 g/mol. The summed E-state index contributed by atoms with van der Waals surface area (Å²) in [6.45, 7) is 13.7. The third-order valence-electron chi connectivity index (χ3n) is 4.82. The van der Waals surface area contributed by atoms with Crippen LogP contribution in [0.15, 0.2) is 24.3 Å². The Balaban J connectivity index is 3.11. The zero-order chi connectivity index (χ0) is 23.6. The maximum atomic E-state index is 13.2. The standard InChI is InChI=1S/C24H39N3O4/c1-8-11-16-25-21(28)20(19-14-12-18(9-2)13-15-19)27(10-3)22(29)17(4)26-23(30)31-24(5,6)7/h12-15,17,20H,8-11,16H2,1-7H3,(H,25,28)(H,26,30). The molecular weight excluding hydrogens is 394 g/mol. The molecule has 0 radical (unpaired) electrons. The highest BCUT2D eigenvalue weighted by Gasteiger charge is 2.33. The molecule has 0 aromatic heterocycles. The van der Waals surface area contributed by atoms with Crippen LogP contribution in [-0.4, -0.2) is 47.5 Å². The molecule has 2 N–H and O–H groups in total. The van der Waals surface area contributed by atoms with Crippen LogP contribution in [0.3, 0.4) is 0 Å². The Labute approximate surface area is 186 Å². The van der Waals surface area contributed by atoms with Gasteiger partial charge in [0.1, 0.15) is 17.7 Å². The highest BCUT2D eigenvalue weighted by molar-refractivity contribution is 5.91. The first-order chi connectivity index (χ1) is 14.5. The van der Waals surface area contributed by atoms with Gasteiger partial charge >= 0.3 is 6.09 Å². The van der Waals surface area contributed by atoms with Gasteiger partial charge in [0.05, 0.1) is 0 Å². The number of carbonyl (C=O) groups is 3. The second-order valence-electron chi connectivity index (χ2n) is 8.63. The maximum absolute atomic E-state index is 13.2. The van der Waals surface area contributed by atoms with Crippen molar-refractivity contribution in [1.29, 1.82) is 0 Å². The lowest BCUT2D eigenvalue weighted by Crippen LogP contribution is -2.51. The number of ether oxygens (including phenoxy) is 1. The molecule has 0 aliphatic carbocycles. The lowest BCUT2D eigenvalue weighted by atomic mass is 10.0. The van der Waals surface area contributed by atoms with Crippen LogP contribution < -0.4 is 10.6 Å². The van der Waals surface area contributed by atoms with Crippen LogP contribution in [0.4, 0.5) is 4.79 Å². The summed E-state index contributed by atoms with van der Waals surface area (Å²) in [6, 6.07) is 6.12. The van der Waals surface area contributed by atoms with Crippen molar-refractivity contribution >= 4 is 17.9 Å². The van der Waals surface area contributed by atoms with Crippen LogP contribution in [-0.2, 0) is 20.7 Å². The fraction of sp³-hybridized carbons (Fsp3) is 0.625. The third kappa shape index (κ3) is 8.59. The Morgan fingerprint density at radius 3 is 2.16 bits per heavy atom. The van der Waals surface area contributed by atoms with Gasteiger partial charge in [-0.1, -0.05) is 44.5 Å². The van der Waals surface area contributed by atoms with Crippen LogP contribution in [0.25, 0.3) is 0 Å². The first-order valence-electron chi connectivity index (χ1n) is 11.2. The van der Waals surface area contributed by atoms with Gasteiger partial charge in [-0.3, -0.25) is 9.59 Å². The Morgan fingerprint density at radius 2 is 1.68 bits per heavy atom. The van der Waals surface area contributed by atoms with Crippen molar-refractivity contribution < 1.29 is 19.1 Å². The average Bonchev–Trinajstić information content (AvgIpc) is 2.70. The van der Waals surface area contributed by atoms with E-state index < -0.39 is 23.8 Å². The summed E-state index contributed by atoms with van der Waals surface area (Å²) in [5.41, 5.74) is 1.23. The van der Waals surface area contributed by atoms with Gasteiger partial charge in [0.25, 0.3) is 0 Å². The summed E-state index contributed by atoms with van der Waals surface area (Å²) < 4.78 is 5.26. The Kier molecular flexibility index (Phi) is 10.5. The fourth-order valence-electron chi connectivity index (χ4n) is 3.15. The molecule has 174 valence electrons. The van der Waals surface area contributed by atoms with Crippen LogP contribution in [0, 0.1) is 0 Å². The summed E-state index contributed by atoms with van der Waals surface area (Å²) >= 11 is 0. The van der Waals surface area contributed by atoms with E-state index in [-0.39, 0.29) is 11.8 Å². The van der Waals surface area contributed by atoms with E-state index in [1.807, 2.05) is 31.2 Å². The van der Waals surface area contributed by atoms with Crippen molar-refractivity contribution in [3.8, 4) is 0 Å². The second kappa shape index (κ2) is 12.3. The van der Waals surface area contributed by atoms with E-state index in [0.717, 1.165) is 30.4 Å². The first kappa shape index (κ1) is 26.5. The normalized spacial score (nSPS) is 13.1. The van der Waals surface area contributed by atoms with E-state index in [4.69, 9.17) is 4.74 Å². The summed E-state index contributed by atoms with van der Waals surface area (Å²) in [7, 11) is 0.